The molecule has 0 amide bonds. The molecular weight excluding hydrogens is 241 g/mol. The van der Waals surface area contributed by atoms with E-state index in [-0.39, 0.29) is 12.2 Å². The van der Waals surface area contributed by atoms with Crippen LogP contribution in [0.5, 0.6) is 0 Å². The van der Waals surface area contributed by atoms with Gasteiger partial charge >= 0.3 is 0 Å². The van der Waals surface area contributed by atoms with Gasteiger partial charge < -0.3 is 11.1 Å². The van der Waals surface area contributed by atoms with Crippen molar-refractivity contribution in [3.05, 3.63) is 53.3 Å². The average molecular weight is 255 g/mol. The maximum absolute atomic E-state index is 13.2. The highest BCUT2D eigenvalue weighted by molar-refractivity contribution is 5.65. The lowest BCUT2D eigenvalue weighted by Crippen LogP contribution is -1.97. The van der Waals surface area contributed by atoms with Crippen LogP contribution in [0.3, 0.4) is 0 Å². The summed E-state index contributed by atoms with van der Waals surface area (Å²) in [6.45, 7) is 1.71. The van der Waals surface area contributed by atoms with Crippen molar-refractivity contribution in [3.8, 4) is 6.07 Å². The van der Waals surface area contributed by atoms with Gasteiger partial charge in [-0.3, -0.25) is 0 Å². The number of anilines is 3. The standard InChI is InChI=1S/C15H14FN3/c1-10-8-12(2-4-14(10)16)19-13-3-5-15(18)11(9-13)6-7-17/h2-5,8-9,19H,6,18H2,1H3. The molecular formula is C15H14FN3. The Labute approximate surface area is 111 Å². The number of hydrogen-bond acceptors (Lipinski definition) is 3. The minimum atomic E-state index is -0.229. The van der Waals surface area contributed by atoms with E-state index in [4.69, 9.17) is 11.0 Å². The lowest BCUT2D eigenvalue weighted by Gasteiger charge is -2.10. The number of nitrogens with one attached hydrogen (secondary N) is 1. The third-order valence-corrected chi connectivity index (χ3v) is 2.86. The van der Waals surface area contributed by atoms with Gasteiger partial charge in [-0.1, -0.05) is 0 Å². The smallest absolute Gasteiger partial charge is 0.126 e. The van der Waals surface area contributed by atoms with E-state index in [0.717, 1.165) is 16.9 Å². The lowest BCUT2D eigenvalue weighted by molar-refractivity contribution is 0.619. The summed E-state index contributed by atoms with van der Waals surface area (Å²) in [6.07, 6.45) is 0.268. The number of nitrogens with two attached hydrogens (primary N) is 1. The van der Waals surface area contributed by atoms with E-state index in [1.54, 1.807) is 25.1 Å². The number of nitrogen functional groups attached to an aromatic ring is 1. The number of hydrogen-bond donors (Lipinski definition) is 2. The van der Waals surface area contributed by atoms with Crippen molar-refractivity contribution in [2.24, 2.45) is 0 Å². The van der Waals surface area contributed by atoms with E-state index in [2.05, 4.69) is 11.4 Å². The molecule has 0 spiro atoms. The van der Waals surface area contributed by atoms with Gasteiger partial charge in [0.2, 0.25) is 0 Å². The average Bonchev–Trinajstić information content (AvgIpc) is 2.38. The highest BCUT2D eigenvalue weighted by atomic mass is 19.1. The zero-order chi connectivity index (χ0) is 13.8. The Balaban J connectivity index is 2.25. The summed E-state index contributed by atoms with van der Waals surface area (Å²) in [5.41, 5.74) is 9.37. The van der Waals surface area contributed by atoms with Crippen LogP contribution < -0.4 is 11.1 Å². The van der Waals surface area contributed by atoms with Crippen molar-refractivity contribution in [1.29, 1.82) is 5.26 Å². The van der Waals surface area contributed by atoms with Crippen molar-refractivity contribution < 1.29 is 4.39 Å². The second-order valence-corrected chi connectivity index (χ2v) is 4.34. The van der Waals surface area contributed by atoms with E-state index >= 15 is 0 Å². The van der Waals surface area contributed by atoms with Crippen LogP contribution in [0, 0.1) is 24.1 Å². The minimum absolute atomic E-state index is 0.229. The summed E-state index contributed by atoms with van der Waals surface area (Å²) in [4.78, 5) is 0. The molecule has 0 saturated heterocycles. The van der Waals surface area contributed by atoms with Crippen molar-refractivity contribution in [2.45, 2.75) is 13.3 Å². The molecule has 96 valence electrons. The van der Waals surface area contributed by atoms with Gasteiger partial charge in [0.25, 0.3) is 0 Å². The van der Waals surface area contributed by atoms with Crippen LogP contribution in [0.2, 0.25) is 0 Å². The molecule has 19 heavy (non-hydrogen) atoms. The van der Waals surface area contributed by atoms with E-state index in [0.29, 0.717) is 11.3 Å². The van der Waals surface area contributed by atoms with Crippen molar-refractivity contribution >= 4 is 17.1 Å². The van der Waals surface area contributed by atoms with Crippen LogP contribution in [-0.2, 0) is 6.42 Å². The zero-order valence-electron chi connectivity index (χ0n) is 10.6. The second-order valence-electron chi connectivity index (χ2n) is 4.34. The molecule has 0 atom stereocenters. The molecule has 0 aliphatic rings. The number of benzene rings is 2. The van der Waals surface area contributed by atoms with E-state index < -0.39 is 0 Å². The molecule has 2 aromatic rings. The summed E-state index contributed by atoms with van der Waals surface area (Å²) < 4.78 is 13.2. The molecule has 4 heteroatoms. The number of nitriles is 1. The fraction of sp³-hybridized carbons (Fsp3) is 0.133. The highest BCUT2D eigenvalue weighted by Crippen LogP contribution is 2.23. The summed E-state index contributed by atoms with van der Waals surface area (Å²) in [5.74, 6) is -0.229. The molecule has 0 radical (unpaired) electrons. The van der Waals surface area contributed by atoms with Crippen LogP contribution in [0.15, 0.2) is 36.4 Å². The maximum atomic E-state index is 13.2. The zero-order valence-corrected chi connectivity index (χ0v) is 10.6. The molecule has 0 aliphatic heterocycles. The van der Waals surface area contributed by atoms with Crippen molar-refractivity contribution in [2.75, 3.05) is 11.1 Å². The first-order valence-electron chi connectivity index (χ1n) is 5.88. The van der Waals surface area contributed by atoms with Gasteiger partial charge in [-0.2, -0.15) is 5.26 Å². The van der Waals surface area contributed by atoms with E-state index in [1.165, 1.54) is 6.07 Å². The third kappa shape index (κ3) is 3.02. The van der Waals surface area contributed by atoms with Gasteiger partial charge in [0.1, 0.15) is 5.82 Å². The van der Waals surface area contributed by atoms with Gasteiger partial charge in [-0.15, -0.1) is 0 Å². The van der Waals surface area contributed by atoms with Crippen LogP contribution in [0.25, 0.3) is 0 Å². The quantitative estimate of drug-likeness (QED) is 0.825. The Hall–Kier alpha value is -2.54. The second kappa shape index (κ2) is 5.40. The van der Waals surface area contributed by atoms with Gasteiger partial charge in [0.15, 0.2) is 0 Å². The molecule has 3 N–H and O–H groups in total. The third-order valence-electron chi connectivity index (χ3n) is 2.86. The lowest BCUT2D eigenvalue weighted by atomic mass is 10.1. The number of rotatable bonds is 3. The van der Waals surface area contributed by atoms with Gasteiger partial charge in [0.05, 0.1) is 12.5 Å². The van der Waals surface area contributed by atoms with Crippen LogP contribution in [0.1, 0.15) is 11.1 Å². The number of aryl methyl sites for hydroxylation is 1. The molecule has 0 saturated carbocycles. The summed E-state index contributed by atoms with van der Waals surface area (Å²) in [7, 11) is 0. The normalized spacial score (nSPS) is 9.95. The van der Waals surface area contributed by atoms with Gasteiger partial charge in [-0.25, -0.2) is 4.39 Å². The molecule has 0 bridgehead atoms. The first-order chi connectivity index (χ1) is 9.10. The van der Waals surface area contributed by atoms with Gasteiger partial charge in [-0.05, 0) is 54.4 Å². The van der Waals surface area contributed by atoms with Crippen molar-refractivity contribution in [3.63, 3.8) is 0 Å². The molecule has 2 aromatic carbocycles. The molecule has 3 nitrogen and oxygen atoms in total. The van der Waals surface area contributed by atoms with E-state index in [1.807, 2.05) is 12.1 Å². The number of halogens is 1. The highest BCUT2D eigenvalue weighted by Gasteiger charge is 2.03. The predicted octanol–water partition coefficient (Wildman–Crippen LogP) is 3.53. The van der Waals surface area contributed by atoms with Crippen LogP contribution >= 0.6 is 0 Å². The molecule has 0 aromatic heterocycles. The van der Waals surface area contributed by atoms with E-state index in [9.17, 15) is 4.39 Å². The Morgan fingerprint density at radius 2 is 1.89 bits per heavy atom. The largest absolute Gasteiger partial charge is 0.398 e. The first kappa shape index (κ1) is 12.9. The Morgan fingerprint density at radius 1 is 1.21 bits per heavy atom. The topological polar surface area (TPSA) is 61.8 Å². The minimum Gasteiger partial charge on any atom is -0.398 e. The van der Waals surface area contributed by atoms with Crippen LogP contribution in [-0.4, -0.2) is 0 Å². The Bertz CT molecular complexity index is 644. The fourth-order valence-electron chi connectivity index (χ4n) is 1.81. The fourth-order valence-corrected chi connectivity index (χ4v) is 1.81. The molecule has 0 heterocycles. The number of nitrogens with zero attached hydrogens (tertiary/aromatic N) is 1. The van der Waals surface area contributed by atoms with Crippen LogP contribution in [0.4, 0.5) is 21.5 Å². The molecule has 2 rings (SSSR count). The summed E-state index contributed by atoms with van der Waals surface area (Å²) in [5, 5.41) is 11.9. The van der Waals surface area contributed by atoms with Crippen molar-refractivity contribution in [1.82, 2.24) is 0 Å². The monoisotopic (exact) mass is 255 g/mol. The maximum Gasteiger partial charge on any atom is 0.126 e. The first-order valence-corrected chi connectivity index (χ1v) is 5.88. The summed E-state index contributed by atoms with van der Waals surface area (Å²) in [6, 6.07) is 12.3. The summed E-state index contributed by atoms with van der Waals surface area (Å²) >= 11 is 0. The Morgan fingerprint density at radius 3 is 2.58 bits per heavy atom. The molecule has 0 aliphatic carbocycles. The predicted molar refractivity (Wildman–Crippen MR) is 74.6 cm³/mol. The SMILES string of the molecule is Cc1cc(Nc2ccc(N)c(CC#N)c2)ccc1F. The Kier molecular flexibility index (Phi) is 3.67. The molecule has 0 fully saturated rings. The van der Waals surface area contributed by atoms with Gasteiger partial charge in [0, 0.05) is 17.1 Å². The molecule has 0 unspecified atom stereocenters.